The minimum absolute atomic E-state index is 0.137. The summed E-state index contributed by atoms with van der Waals surface area (Å²) in [4.78, 5) is 15.6. The van der Waals surface area contributed by atoms with Crippen LogP contribution >= 0.6 is 35.6 Å². The van der Waals surface area contributed by atoms with Crippen molar-refractivity contribution in [1.29, 1.82) is 0 Å². The molecule has 0 bridgehead atoms. The first-order valence-corrected chi connectivity index (χ1v) is 14.0. The number of benzene rings is 3. The fraction of sp³-hybridized carbons (Fsp3) is 0.167. The third-order valence-electron chi connectivity index (χ3n) is 6.42. The van der Waals surface area contributed by atoms with E-state index in [1.807, 2.05) is 72.9 Å². The summed E-state index contributed by atoms with van der Waals surface area (Å²) in [5.74, 6) is 1.74. The van der Waals surface area contributed by atoms with Crippen molar-refractivity contribution >= 4 is 51.9 Å². The number of ether oxygens (including phenoxy) is 3. The van der Waals surface area contributed by atoms with Crippen molar-refractivity contribution in [3.63, 3.8) is 0 Å². The maximum atomic E-state index is 13.5. The number of carbonyl (C=O) groups is 1. The second-order valence-corrected chi connectivity index (χ2v) is 10.9. The Balaban J connectivity index is 1.44. The molecule has 4 aromatic rings. The average Bonchev–Trinajstić information content (AvgIpc) is 3.52. The number of aromatic nitrogens is 2. The number of thiocarbonyl (C=S) groups is 1. The van der Waals surface area contributed by atoms with Crippen LogP contribution in [0.1, 0.15) is 11.1 Å². The highest BCUT2D eigenvalue weighted by atomic mass is 35.5. The number of thioether (sulfide) groups is 1. The van der Waals surface area contributed by atoms with Crippen molar-refractivity contribution in [3.05, 3.63) is 94.0 Å². The van der Waals surface area contributed by atoms with Gasteiger partial charge < -0.3 is 14.2 Å². The van der Waals surface area contributed by atoms with E-state index in [-0.39, 0.29) is 5.91 Å². The van der Waals surface area contributed by atoms with E-state index in [0.717, 1.165) is 22.4 Å². The molecule has 1 aromatic heterocycles. The van der Waals surface area contributed by atoms with Gasteiger partial charge in [-0.15, -0.1) is 0 Å². The number of methoxy groups -OCH3 is 3. The number of rotatable bonds is 9. The lowest BCUT2D eigenvalue weighted by molar-refractivity contribution is -0.122. The first kappa shape index (κ1) is 27.8. The third kappa shape index (κ3) is 5.72. The second kappa shape index (κ2) is 12.2. The third-order valence-corrected chi connectivity index (χ3v) is 8.09. The molecule has 1 saturated heterocycles. The first-order valence-electron chi connectivity index (χ1n) is 12.4. The molecule has 0 aliphatic carbocycles. The maximum Gasteiger partial charge on any atom is 0.266 e. The van der Waals surface area contributed by atoms with Crippen LogP contribution in [0, 0.1) is 0 Å². The molecule has 1 aliphatic heterocycles. The van der Waals surface area contributed by atoms with Crippen LogP contribution in [-0.2, 0) is 11.2 Å². The van der Waals surface area contributed by atoms with Crippen LogP contribution in [0.25, 0.3) is 23.0 Å². The molecule has 1 aliphatic rings. The molecule has 1 amide bonds. The van der Waals surface area contributed by atoms with E-state index in [0.29, 0.717) is 50.2 Å². The molecule has 0 saturated carbocycles. The van der Waals surface area contributed by atoms with Crippen molar-refractivity contribution < 1.29 is 19.0 Å². The van der Waals surface area contributed by atoms with E-state index in [9.17, 15) is 4.79 Å². The molecule has 2 heterocycles. The number of para-hydroxylation sites is 1. The summed E-state index contributed by atoms with van der Waals surface area (Å²) in [5.41, 5.74) is 4.16. The Kier molecular flexibility index (Phi) is 8.44. The van der Waals surface area contributed by atoms with E-state index in [2.05, 4.69) is 0 Å². The van der Waals surface area contributed by atoms with Gasteiger partial charge in [0.15, 0.2) is 11.5 Å². The standard InChI is InChI=1S/C30H26ClN3O4S2/c1-36-24-12-10-20(16-23(24)31)28-21(18-34(32-28)22-7-5-4-6-8-22)17-27-29(35)33(30(39)40-27)14-13-19-9-11-25(37-2)26(15-19)38-3/h4-12,15-18H,13-14H2,1-3H3/b27-17-. The summed E-state index contributed by atoms with van der Waals surface area (Å²) < 4.78 is 18.3. The van der Waals surface area contributed by atoms with Crippen molar-refractivity contribution in [2.75, 3.05) is 27.9 Å². The second-order valence-electron chi connectivity index (χ2n) is 8.84. The Morgan fingerprint density at radius 3 is 2.38 bits per heavy atom. The van der Waals surface area contributed by atoms with Gasteiger partial charge in [0.1, 0.15) is 15.8 Å². The minimum Gasteiger partial charge on any atom is -0.495 e. The molecule has 0 radical (unpaired) electrons. The number of carbonyl (C=O) groups excluding carboxylic acids is 1. The summed E-state index contributed by atoms with van der Waals surface area (Å²) >= 11 is 13.3. The fourth-order valence-corrected chi connectivity index (χ4v) is 5.91. The monoisotopic (exact) mass is 591 g/mol. The van der Waals surface area contributed by atoms with Gasteiger partial charge >= 0.3 is 0 Å². The van der Waals surface area contributed by atoms with Crippen LogP contribution in [-0.4, -0.2) is 52.8 Å². The summed E-state index contributed by atoms with van der Waals surface area (Å²) in [7, 11) is 4.77. The zero-order chi connectivity index (χ0) is 28.2. The van der Waals surface area contributed by atoms with Gasteiger partial charge in [0.25, 0.3) is 5.91 Å². The van der Waals surface area contributed by atoms with Crippen LogP contribution in [0.5, 0.6) is 17.2 Å². The molecule has 0 unspecified atom stereocenters. The smallest absolute Gasteiger partial charge is 0.266 e. The molecule has 0 atom stereocenters. The molecule has 10 heteroatoms. The zero-order valence-electron chi connectivity index (χ0n) is 22.1. The van der Waals surface area contributed by atoms with Crippen molar-refractivity contribution in [3.8, 4) is 34.2 Å². The molecular weight excluding hydrogens is 566 g/mol. The van der Waals surface area contributed by atoms with Crippen molar-refractivity contribution in [2.24, 2.45) is 0 Å². The van der Waals surface area contributed by atoms with Crippen LogP contribution < -0.4 is 14.2 Å². The highest BCUT2D eigenvalue weighted by molar-refractivity contribution is 8.26. The predicted molar refractivity (Wildman–Crippen MR) is 164 cm³/mol. The number of hydrogen-bond donors (Lipinski definition) is 0. The molecular formula is C30H26ClN3O4S2. The van der Waals surface area contributed by atoms with Crippen molar-refractivity contribution in [2.45, 2.75) is 6.42 Å². The Hall–Kier alpha value is -3.79. The molecule has 0 N–H and O–H groups in total. The Morgan fingerprint density at radius 1 is 0.950 bits per heavy atom. The van der Waals surface area contributed by atoms with E-state index in [1.54, 1.807) is 37.0 Å². The topological polar surface area (TPSA) is 65.8 Å². The lowest BCUT2D eigenvalue weighted by atomic mass is 10.1. The summed E-state index contributed by atoms with van der Waals surface area (Å²) in [5, 5.41) is 5.32. The summed E-state index contributed by atoms with van der Waals surface area (Å²) in [6.07, 6.45) is 4.36. The van der Waals surface area contributed by atoms with Crippen LogP contribution in [0.4, 0.5) is 0 Å². The SMILES string of the molecule is COc1ccc(-c2nn(-c3ccccc3)cc2/C=C2\SC(=S)N(CCc3ccc(OC)c(OC)c3)C2=O)cc1Cl. The van der Waals surface area contributed by atoms with E-state index >= 15 is 0 Å². The highest BCUT2D eigenvalue weighted by Gasteiger charge is 2.32. The number of halogens is 1. The molecule has 40 heavy (non-hydrogen) atoms. The molecule has 5 rings (SSSR count). The quantitative estimate of drug-likeness (QED) is 0.159. The van der Waals surface area contributed by atoms with Gasteiger partial charge in [-0.05, 0) is 60.5 Å². The van der Waals surface area contributed by atoms with Crippen LogP contribution in [0.2, 0.25) is 5.02 Å². The maximum absolute atomic E-state index is 13.5. The molecule has 204 valence electrons. The van der Waals surface area contributed by atoms with E-state index in [1.165, 1.54) is 11.8 Å². The molecule has 7 nitrogen and oxygen atoms in total. The van der Waals surface area contributed by atoms with Crippen LogP contribution in [0.15, 0.2) is 77.8 Å². The lowest BCUT2D eigenvalue weighted by Gasteiger charge is -2.15. The van der Waals surface area contributed by atoms with Gasteiger partial charge in [-0.1, -0.05) is 59.8 Å². The number of amides is 1. The Bertz CT molecular complexity index is 1600. The number of nitrogens with zero attached hydrogens (tertiary/aromatic N) is 3. The van der Waals surface area contributed by atoms with Crippen LogP contribution in [0.3, 0.4) is 0 Å². The van der Waals surface area contributed by atoms with Gasteiger partial charge in [-0.3, -0.25) is 9.69 Å². The largest absolute Gasteiger partial charge is 0.495 e. The normalized spacial score (nSPS) is 14.2. The first-order chi connectivity index (χ1) is 19.4. The van der Waals surface area contributed by atoms with Crippen molar-refractivity contribution in [1.82, 2.24) is 14.7 Å². The zero-order valence-corrected chi connectivity index (χ0v) is 24.5. The van der Waals surface area contributed by atoms with E-state index < -0.39 is 0 Å². The molecule has 0 spiro atoms. The molecule has 1 fully saturated rings. The lowest BCUT2D eigenvalue weighted by Crippen LogP contribution is -2.30. The summed E-state index contributed by atoms with van der Waals surface area (Å²) in [6.45, 7) is 0.446. The highest BCUT2D eigenvalue weighted by Crippen LogP contribution is 2.37. The Morgan fingerprint density at radius 2 is 1.68 bits per heavy atom. The van der Waals surface area contributed by atoms with Gasteiger partial charge in [0.05, 0.1) is 36.9 Å². The van der Waals surface area contributed by atoms with Gasteiger partial charge in [-0.25, -0.2) is 4.68 Å². The predicted octanol–water partition coefficient (Wildman–Crippen LogP) is 6.66. The van der Waals surface area contributed by atoms with Gasteiger partial charge in [-0.2, -0.15) is 5.10 Å². The molecule has 3 aromatic carbocycles. The van der Waals surface area contributed by atoms with Gasteiger partial charge in [0, 0.05) is 23.9 Å². The number of hydrogen-bond acceptors (Lipinski definition) is 7. The summed E-state index contributed by atoms with van der Waals surface area (Å²) in [6, 6.07) is 21.0. The minimum atomic E-state index is -0.137. The Labute approximate surface area is 247 Å². The fourth-order valence-electron chi connectivity index (χ4n) is 4.35. The van der Waals surface area contributed by atoms with E-state index in [4.69, 9.17) is 43.1 Å². The van der Waals surface area contributed by atoms with Gasteiger partial charge in [0.2, 0.25) is 0 Å². The average molecular weight is 592 g/mol.